The molecule has 0 bridgehead atoms. The van der Waals surface area contributed by atoms with Gasteiger partial charge in [-0.05, 0) is 10.8 Å². The second kappa shape index (κ2) is 6.41. The Morgan fingerprint density at radius 1 is 0.750 bits per heavy atom. The Balaban J connectivity index is 1.46. The van der Waals surface area contributed by atoms with Crippen molar-refractivity contribution < 1.29 is 0 Å². The summed E-state index contributed by atoms with van der Waals surface area (Å²) in [6, 6.07) is 19.9. The minimum absolute atomic E-state index is 0.439. The third-order valence-corrected chi connectivity index (χ3v) is 3.56. The van der Waals surface area contributed by atoms with Crippen molar-refractivity contribution in [2.75, 3.05) is 0 Å². The summed E-state index contributed by atoms with van der Waals surface area (Å²) >= 11 is 0. The van der Waals surface area contributed by atoms with E-state index in [-0.39, 0.29) is 0 Å². The molecule has 0 unspecified atom stereocenters. The Hall–Kier alpha value is -3.35. The zero-order valence-corrected chi connectivity index (χ0v) is 12.9. The SMILES string of the molecule is c1ccc(Cn2cc(Cn3nnc(-c4ccccc4)n3)nn2)cc1. The molecular formula is C17H15N7. The van der Waals surface area contributed by atoms with Crippen molar-refractivity contribution in [3.63, 3.8) is 0 Å². The molecule has 0 aliphatic rings. The number of nitrogens with zero attached hydrogens (tertiary/aromatic N) is 7. The Labute approximate surface area is 138 Å². The molecule has 7 heteroatoms. The average Bonchev–Trinajstić information content (AvgIpc) is 3.27. The molecule has 0 atom stereocenters. The normalized spacial score (nSPS) is 10.8. The molecule has 2 aromatic carbocycles. The van der Waals surface area contributed by atoms with Crippen LogP contribution in [0.1, 0.15) is 11.3 Å². The van der Waals surface area contributed by atoms with Gasteiger partial charge in [-0.2, -0.15) is 4.80 Å². The van der Waals surface area contributed by atoms with Crippen LogP contribution in [-0.2, 0) is 13.1 Å². The lowest BCUT2D eigenvalue weighted by molar-refractivity contribution is 0.563. The molecule has 2 heterocycles. The number of hydrogen-bond donors (Lipinski definition) is 0. The number of benzene rings is 2. The first kappa shape index (κ1) is 14.3. The van der Waals surface area contributed by atoms with Crippen molar-refractivity contribution in [3.05, 3.63) is 78.1 Å². The number of hydrogen-bond acceptors (Lipinski definition) is 5. The van der Waals surface area contributed by atoms with Crippen LogP contribution in [0, 0.1) is 0 Å². The van der Waals surface area contributed by atoms with Crippen LogP contribution in [-0.4, -0.2) is 35.2 Å². The molecule has 4 rings (SSSR count). The van der Waals surface area contributed by atoms with Crippen LogP contribution < -0.4 is 0 Å². The molecule has 2 aromatic heterocycles. The first-order valence-electron chi connectivity index (χ1n) is 7.63. The van der Waals surface area contributed by atoms with Gasteiger partial charge < -0.3 is 0 Å². The van der Waals surface area contributed by atoms with Gasteiger partial charge in [-0.1, -0.05) is 65.9 Å². The van der Waals surface area contributed by atoms with Gasteiger partial charge in [-0.25, -0.2) is 4.68 Å². The van der Waals surface area contributed by atoms with E-state index in [1.807, 2.05) is 54.7 Å². The van der Waals surface area contributed by atoms with E-state index in [1.165, 1.54) is 10.4 Å². The van der Waals surface area contributed by atoms with Crippen molar-refractivity contribution in [3.8, 4) is 11.4 Å². The van der Waals surface area contributed by atoms with Gasteiger partial charge in [0, 0.05) is 5.56 Å². The zero-order chi connectivity index (χ0) is 16.2. The summed E-state index contributed by atoms with van der Waals surface area (Å²) in [5, 5.41) is 20.9. The molecule has 0 saturated heterocycles. The zero-order valence-electron chi connectivity index (χ0n) is 12.9. The molecule has 0 amide bonds. The number of rotatable bonds is 5. The van der Waals surface area contributed by atoms with Crippen molar-refractivity contribution in [1.82, 2.24) is 35.2 Å². The van der Waals surface area contributed by atoms with E-state index in [0.29, 0.717) is 18.9 Å². The Morgan fingerprint density at radius 3 is 2.29 bits per heavy atom. The van der Waals surface area contributed by atoms with Gasteiger partial charge in [-0.3, -0.25) is 0 Å². The molecule has 24 heavy (non-hydrogen) atoms. The molecule has 0 spiro atoms. The van der Waals surface area contributed by atoms with Crippen LogP contribution in [0.3, 0.4) is 0 Å². The standard InChI is InChI=1S/C17H15N7/c1-3-7-14(8-4-1)11-23-12-16(18-21-23)13-24-20-17(19-22-24)15-9-5-2-6-10-15/h1-10,12H,11,13H2. The summed E-state index contributed by atoms with van der Waals surface area (Å²) in [6.07, 6.45) is 1.90. The fourth-order valence-electron chi connectivity index (χ4n) is 2.42. The second-order valence-electron chi connectivity index (χ2n) is 5.40. The predicted molar refractivity (Wildman–Crippen MR) is 87.9 cm³/mol. The van der Waals surface area contributed by atoms with E-state index >= 15 is 0 Å². The summed E-state index contributed by atoms with van der Waals surface area (Å²) in [6.45, 7) is 1.13. The predicted octanol–water partition coefficient (Wildman–Crippen LogP) is 2.03. The number of aromatic nitrogens is 7. The summed E-state index contributed by atoms with van der Waals surface area (Å²) < 4.78 is 1.81. The highest BCUT2D eigenvalue weighted by Crippen LogP contribution is 2.12. The minimum Gasteiger partial charge on any atom is -0.248 e. The second-order valence-corrected chi connectivity index (χ2v) is 5.40. The van der Waals surface area contributed by atoms with E-state index in [1.54, 1.807) is 4.68 Å². The molecule has 7 nitrogen and oxygen atoms in total. The minimum atomic E-state index is 0.439. The number of tetrazole rings is 1. The average molecular weight is 317 g/mol. The Kier molecular flexibility index (Phi) is 3.81. The van der Waals surface area contributed by atoms with Gasteiger partial charge in [0.1, 0.15) is 12.2 Å². The van der Waals surface area contributed by atoms with E-state index in [9.17, 15) is 0 Å². The first-order chi connectivity index (χ1) is 11.9. The maximum absolute atomic E-state index is 4.39. The third-order valence-electron chi connectivity index (χ3n) is 3.56. The van der Waals surface area contributed by atoms with Crippen LogP contribution in [0.15, 0.2) is 66.9 Å². The van der Waals surface area contributed by atoms with E-state index in [0.717, 1.165) is 11.3 Å². The fourth-order valence-corrected chi connectivity index (χ4v) is 2.42. The third kappa shape index (κ3) is 3.19. The van der Waals surface area contributed by atoms with E-state index in [2.05, 4.69) is 37.9 Å². The summed E-state index contributed by atoms with van der Waals surface area (Å²) in [7, 11) is 0. The largest absolute Gasteiger partial charge is 0.248 e. The maximum Gasteiger partial charge on any atom is 0.204 e. The highest BCUT2D eigenvalue weighted by atomic mass is 15.6. The topological polar surface area (TPSA) is 74.3 Å². The van der Waals surface area contributed by atoms with Gasteiger partial charge in [0.2, 0.25) is 5.82 Å². The van der Waals surface area contributed by atoms with Gasteiger partial charge in [-0.15, -0.1) is 15.3 Å². The monoisotopic (exact) mass is 317 g/mol. The molecule has 0 aliphatic carbocycles. The van der Waals surface area contributed by atoms with Crippen LogP contribution >= 0.6 is 0 Å². The van der Waals surface area contributed by atoms with Gasteiger partial charge in [0.15, 0.2) is 0 Å². The Bertz CT molecular complexity index is 912. The molecule has 118 valence electrons. The molecular weight excluding hydrogens is 302 g/mol. The molecule has 0 radical (unpaired) electrons. The van der Waals surface area contributed by atoms with E-state index < -0.39 is 0 Å². The quantitative estimate of drug-likeness (QED) is 0.563. The van der Waals surface area contributed by atoms with Crippen molar-refractivity contribution in [2.45, 2.75) is 13.1 Å². The maximum atomic E-state index is 4.39. The fraction of sp³-hybridized carbons (Fsp3) is 0.118. The molecule has 0 N–H and O–H groups in total. The van der Waals surface area contributed by atoms with E-state index in [4.69, 9.17) is 0 Å². The van der Waals surface area contributed by atoms with Gasteiger partial charge >= 0.3 is 0 Å². The van der Waals surface area contributed by atoms with Crippen LogP contribution in [0.2, 0.25) is 0 Å². The Morgan fingerprint density at radius 2 is 1.50 bits per heavy atom. The molecule has 4 aromatic rings. The van der Waals surface area contributed by atoms with Gasteiger partial charge in [0.05, 0.1) is 12.7 Å². The molecule has 0 aliphatic heterocycles. The highest BCUT2D eigenvalue weighted by Gasteiger charge is 2.08. The van der Waals surface area contributed by atoms with Crippen LogP contribution in [0.25, 0.3) is 11.4 Å². The lowest BCUT2D eigenvalue weighted by Gasteiger charge is -1.99. The van der Waals surface area contributed by atoms with Crippen molar-refractivity contribution in [2.24, 2.45) is 0 Å². The first-order valence-corrected chi connectivity index (χ1v) is 7.63. The van der Waals surface area contributed by atoms with Crippen molar-refractivity contribution in [1.29, 1.82) is 0 Å². The van der Waals surface area contributed by atoms with Crippen LogP contribution in [0.5, 0.6) is 0 Å². The smallest absolute Gasteiger partial charge is 0.204 e. The summed E-state index contributed by atoms with van der Waals surface area (Å²) in [5.41, 5.74) is 2.92. The summed E-state index contributed by atoms with van der Waals surface area (Å²) in [4.78, 5) is 1.53. The lowest BCUT2D eigenvalue weighted by atomic mass is 10.2. The van der Waals surface area contributed by atoms with Crippen LogP contribution in [0.4, 0.5) is 0 Å². The summed E-state index contributed by atoms with van der Waals surface area (Å²) in [5.74, 6) is 0.604. The molecule has 0 saturated carbocycles. The molecule has 0 fully saturated rings. The highest BCUT2D eigenvalue weighted by molar-refractivity contribution is 5.52. The van der Waals surface area contributed by atoms with Crippen molar-refractivity contribution >= 4 is 0 Å². The lowest BCUT2D eigenvalue weighted by Crippen LogP contribution is -2.04. The van der Waals surface area contributed by atoms with Gasteiger partial charge in [0.25, 0.3) is 0 Å².